The molecule has 0 aliphatic rings. The van der Waals surface area contributed by atoms with Gasteiger partial charge in [-0.05, 0) is 30.9 Å². The van der Waals surface area contributed by atoms with Gasteiger partial charge in [0.1, 0.15) is 6.10 Å². The monoisotopic (exact) mass is 392 g/mol. The molecule has 2 aromatic carbocycles. The average Bonchev–Trinajstić information content (AvgIpc) is 2.68. The standard InChI is InChI=1S/C21H28O5S/c1-17(2)15-16-20(26-27(22,23)19-13-9-6-10-14-19)21(24-3,25-4)18-11-7-5-8-12-18/h5-14,17,20H,15-16H2,1-4H3. The lowest BCUT2D eigenvalue weighted by molar-refractivity contribution is -0.263. The van der Waals surface area contributed by atoms with Crippen LogP contribution in [0.1, 0.15) is 32.3 Å². The molecule has 27 heavy (non-hydrogen) atoms. The zero-order valence-corrected chi connectivity index (χ0v) is 17.1. The van der Waals surface area contributed by atoms with E-state index in [4.69, 9.17) is 13.7 Å². The van der Waals surface area contributed by atoms with Crippen LogP contribution in [0.15, 0.2) is 65.6 Å². The summed E-state index contributed by atoms with van der Waals surface area (Å²) in [5.74, 6) is -0.962. The van der Waals surface area contributed by atoms with E-state index in [0.29, 0.717) is 17.9 Å². The van der Waals surface area contributed by atoms with Gasteiger partial charge in [-0.3, -0.25) is 4.18 Å². The third kappa shape index (κ3) is 5.17. The summed E-state index contributed by atoms with van der Waals surface area (Å²) in [6, 6.07) is 17.4. The van der Waals surface area contributed by atoms with Gasteiger partial charge < -0.3 is 9.47 Å². The summed E-state index contributed by atoms with van der Waals surface area (Å²) in [4.78, 5) is 0.105. The number of methoxy groups -OCH3 is 2. The Kier molecular flexibility index (Phi) is 7.56. The highest BCUT2D eigenvalue weighted by atomic mass is 32.2. The molecule has 148 valence electrons. The zero-order chi connectivity index (χ0) is 19.9. The van der Waals surface area contributed by atoms with Crippen LogP contribution >= 0.6 is 0 Å². The molecule has 0 aliphatic carbocycles. The van der Waals surface area contributed by atoms with Crippen molar-refractivity contribution >= 4 is 10.1 Å². The molecule has 0 saturated carbocycles. The van der Waals surface area contributed by atoms with Crippen LogP contribution in [-0.2, 0) is 29.6 Å². The summed E-state index contributed by atoms with van der Waals surface area (Å²) < 4.78 is 42.9. The van der Waals surface area contributed by atoms with Crippen LogP contribution in [0, 0.1) is 5.92 Å². The summed E-state index contributed by atoms with van der Waals surface area (Å²) in [6.07, 6.45) is 0.374. The summed E-state index contributed by atoms with van der Waals surface area (Å²) >= 11 is 0. The second-order valence-corrected chi connectivity index (χ2v) is 8.34. The third-order valence-electron chi connectivity index (χ3n) is 4.49. The van der Waals surface area contributed by atoms with Gasteiger partial charge in [0, 0.05) is 19.8 Å². The molecule has 5 nitrogen and oxygen atoms in total. The molecule has 0 radical (unpaired) electrons. The van der Waals surface area contributed by atoms with Crippen molar-refractivity contribution in [2.24, 2.45) is 5.92 Å². The highest BCUT2D eigenvalue weighted by Crippen LogP contribution is 2.36. The molecule has 2 rings (SSSR count). The average molecular weight is 393 g/mol. The van der Waals surface area contributed by atoms with Crippen molar-refractivity contribution < 1.29 is 22.1 Å². The zero-order valence-electron chi connectivity index (χ0n) is 16.3. The maximum absolute atomic E-state index is 12.9. The first kappa shape index (κ1) is 21.6. The Morgan fingerprint density at radius 3 is 1.85 bits per heavy atom. The Bertz CT molecular complexity index is 784. The summed E-state index contributed by atoms with van der Waals surface area (Å²) in [5, 5.41) is 0. The fraction of sp³-hybridized carbons (Fsp3) is 0.429. The van der Waals surface area contributed by atoms with Crippen molar-refractivity contribution in [3.8, 4) is 0 Å². The van der Waals surface area contributed by atoms with Crippen LogP contribution in [0.2, 0.25) is 0 Å². The van der Waals surface area contributed by atoms with Crippen LogP contribution in [0.25, 0.3) is 0 Å². The minimum absolute atomic E-state index is 0.105. The Morgan fingerprint density at radius 2 is 1.37 bits per heavy atom. The summed E-state index contributed by atoms with van der Waals surface area (Å²) in [5.41, 5.74) is 0.701. The normalized spacial score (nSPS) is 13.7. The molecule has 0 heterocycles. The number of ether oxygens (including phenoxy) is 2. The van der Waals surface area contributed by atoms with Crippen molar-refractivity contribution in [3.63, 3.8) is 0 Å². The van der Waals surface area contributed by atoms with Crippen molar-refractivity contribution in [1.82, 2.24) is 0 Å². The molecule has 1 unspecified atom stereocenters. The Hall–Kier alpha value is -1.73. The predicted octanol–water partition coefficient (Wildman–Crippen LogP) is 4.34. The van der Waals surface area contributed by atoms with E-state index < -0.39 is 22.0 Å². The molecule has 0 bridgehead atoms. The lowest BCUT2D eigenvalue weighted by Gasteiger charge is -2.38. The molecule has 0 saturated heterocycles. The van der Waals surface area contributed by atoms with Crippen molar-refractivity contribution in [2.45, 2.75) is 43.5 Å². The maximum atomic E-state index is 12.9. The molecule has 0 fully saturated rings. The van der Waals surface area contributed by atoms with Gasteiger partial charge in [-0.15, -0.1) is 0 Å². The highest BCUT2D eigenvalue weighted by Gasteiger charge is 2.44. The van der Waals surface area contributed by atoms with Gasteiger partial charge in [-0.2, -0.15) is 8.42 Å². The molecule has 0 amide bonds. The number of benzene rings is 2. The molecule has 0 aromatic heterocycles. The van der Waals surface area contributed by atoms with Crippen LogP contribution in [0.3, 0.4) is 0 Å². The molecule has 2 aromatic rings. The maximum Gasteiger partial charge on any atom is 0.297 e. The van der Waals surface area contributed by atoms with Crippen molar-refractivity contribution in [2.75, 3.05) is 14.2 Å². The molecule has 0 spiro atoms. The quantitative estimate of drug-likeness (QED) is 0.444. The fourth-order valence-corrected chi connectivity index (χ4v) is 4.15. The second kappa shape index (κ2) is 9.46. The van der Waals surface area contributed by atoms with E-state index >= 15 is 0 Å². The van der Waals surface area contributed by atoms with Crippen LogP contribution in [0.5, 0.6) is 0 Å². The lowest BCUT2D eigenvalue weighted by Crippen LogP contribution is -2.46. The van der Waals surface area contributed by atoms with Gasteiger partial charge in [0.15, 0.2) is 0 Å². The van der Waals surface area contributed by atoms with E-state index in [1.54, 1.807) is 18.2 Å². The van der Waals surface area contributed by atoms with Crippen LogP contribution in [0.4, 0.5) is 0 Å². The number of hydrogen-bond acceptors (Lipinski definition) is 5. The van der Waals surface area contributed by atoms with E-state index in [9.17, 15) is 8.42 Å². The van der Waals surface area contributed by atoms with Gasteiger partial charge in [0.05, 0.1) is 4.90 Å². The number of rotatable bonds is 10. The lowest BCUT2D eigenvalue weighted by atomic mass is 9.94. The Morgan fingerprint density at radius 1 is 0.852 bits per heavy atom. The first-order valence-electron chi connectivity index (χ1n) is 9.00. The molecule has 0 N–H and O–H groups in total. The van der Waals surface area contributed by atoms with Crippen LogP contribution in [-0.4, -0.2) is 28.7 Å². The van der Waals surface area contributed by atoms with Crippen LogP contribution < -0.4 is 0 Å². The minimum Gasteiger partial charge on any atom is -0.347 e. The summed E-state index contributed by atoms with van der Waals surface area (Å²) in [6.45, 7) is 4.15. The van der Waals surface area contributed by atoms with Gasteiger partial charge in [0.25, 0.3) is 10.1 Å². The largest absolute Gasteiger partial charge is 0.347 e. The molecule has 0 aliphatic heterocycles. The highest BCUT2D eigenvalue weighted by molar-refractivity contribution is 7.86. The predicted molar refractivity (Wildman–Crippen MR) is 105 cm³/mol. The Labute approximate surface area is 162 Å². The first-order valence-corrected chi connectivity index (χ1v) is 10.4. The SMILES string of the molecule is COC(OC)(c1ccccc1)C(CCC(C)C)OS(=O)(=O)c1ccccc1. The second-order valence-electron chi connectivity index (χ2n) is 6.77. The minimum atomic E-state index is -3.98. The smallest absolute Gasteiger partial charge is 0.297 e. The number of hydrogen-bond donors (Lipinski definition) is 0. The van der Waals surface area contributed by atoms with Crippen molar-refractivity contribution in [3.05, 3.63) is 66.2 Å². The van der Waals surface area contributed by atoms with E-state index in [-0.39, 0.29) is 4.90 Å². The van der Waals surface area contributed by atoms with E-state index in [1.165, 1.54) is 26.4 Å². The van der Waals surface area contributed by atoms with E-state index in [0.717, 1.165) is 6.42 Å². The van der Waals surface area contributed by atoms with E-state index in [1.807, 2.05) is 30.3 Å². The van der Waals surface area contributed by atoms with Gasteiger partial charge in [0.2, 0.25) is 5.79 Å². The van der Waals surface area contributed by atoms with Gasteiger partial charge in [-0.25, -0.2) is 0 Å². The molecule has 1 atom stereocenters. The Balaban J connectivity index is 2.46. The fourth-order valence-electron chi connectivity index (χ4n) is 3.02. The molecular weight excluding hydrogens is 364 g/mol. The van der Waals surface area contributed by atoms with Gasteiger partial charge in [-0.1, -0.05) is 62.4 Å². The summed E-state index contributed by atoms with van der Waals surface area (Å²) in [7, 11) is -0.984. The first-order chi connectivity index (χ1) is 12.9. The van der Waals surface area contributed by atoms with Crippen molar-refractivity contribution in [1.29, 1.82) is 0 Å². The molecule has 6 heteroatoms. The third-order valence-corrected chi connectivity index (χ3v) is 5.82. The van der Waals surface area contributed by atoms with Gasteiger partial charge >= 0.3 is 0 Å². The topological polar surface area (TPSA) is 61.8 Å². The molecular formula is C21H28O5S. The van der Waals surface area contributed by atoms with E-state index in [2.05, 4.69) is 13.8 Å².